The van der Waals surface area contributed by atoms with Crippen LogP contribution in [0.25, 0.3) is 0 Å². The molecule has 1 aromatic rings. The Hall–Kier alpha value is -0.820. The van der Waals surface area contributed by atoms with Gasteiger partial charge in [-0.1, -0.05) is 25.1 Å². The smallest absolute Gasteiger partial charge is 0.0583 e. The van der Waals surface area contributed by atoms with Crippen molar-refractivity contribution in [3.05, 3.63) is 34.9 Å². The number of aryl methyl sites for hydroxylation is 2. The Morgan fingerprint density at radius 2 is 2.31 bits per heavy atom. The number of fused-ring (bicyclic) bond motifs is 1. The molecule has 0 aliphatic heterocycles. The molecule has 1 aromatic carbocycles. The van der Waals surface area contributed by atoms with E-state index in [4.69, 9.17) is 0 Å². The summed E-state index contributed by atoms with van der Waals surface area (Å²) in [5.41, 5.74) is 4.27. The Morgan fingerprint density at radius 1 is 1.46 bits per heavy atom. The molecule has 1 atom stereocenters. The van der Waals surface area contributed by atoms with Crippen LogP contribution in [0.3, 0.4) is 0 Å². The van der Waals surface area contributed by atoms with Crippen LogP contribution in [0.4, 0.5) is 0 Å². The molecule has 0 fully saturated rings. The summed E-state index contributed by atoms with van der Waals surface area (Å²) in [6, 6.07) is 6.51. The highest BCUT2D eigenvalue weighted by Crippen LogP contribution is 2.24. The van der Waals surface area contributed by atoms with Crippen molar-refractivity contribution in [2.24, 2.45) is 0 Å². The molecule has 1 nitrogen and oxygen atoms in total. The minimum atomic E-state index is -0.111. The molecular formula is C12H16O. The summed E-state index contributed by atoms with van der Waals surface area (Å²) in [5.74, 6) is 0. The van der Waals surface area contributed by atoms with E-state index in [2.05, 4.69) is 25.1 Å². The van der Waals surface area contributed by atoms with Crippen LogP contribution in [-0.2, 0) is 19.3 Å². The van der Waals surface area contributed by atoms with Gasteiger partial charge in [0, 0.05) is 0 Å². The number of aliphatic hydroxyl groups excluding tert-OH is 1. The van der Waals surface area contributed by atoms with Gasteiger partial charge >= 0.3 is 0 Å². The first kappa shape index (κ1) is 8.76. The van der Waals surface area contributed by atoms with Crippen molar-refractivity contribution >= 4 is 0 Å². The molecular weight excluding hydrogens is 160 g/mol. The molecule has 1 aliphatic rings. The van der Waals surface area contributed by atoms with Crippen LogP contribution in [0.5, 0.6) is 0 Å². The summed E-state index contributed by atoms with van der Waals surface area (Å²) in [5, 5.41) is 9.58. The van der Waals surface area contributed by atoms with Gasteiger partial charge in [0.15, 0.2) is 0 Å². The molecule has 0 heterocycles. The summed E-state index contributed by atoms with van der Waals surface area (Å²) < 4.78 is 0. The highest BCUT2D eigenvalue weighted by molar-refractivity contribution is 5.37. The van der Waals surface area contributed by atoms with Gasteiger partial charge in [0.25, 0.3) is 0 Å². The van der Waals surface area contributed by atoms with Crippen LogP contribution >= 0.6 is 0 Å². The van der Waals surface area contributed by atoms with Gasteiger partial charge < -0.3 is 5.11 Å². The van der Waals surface area contributed by atoms with E-state index in [1.54, 1.807) is 0 Å². The molecule has 2 rings (SSSR count). The quantitative estimate of drug-likeness (QED) is 0.694. The third kappa shape index (κ3) is 1.61. The molecule has 1 aliphatic carbocycles. The first-order valence-electron chi connectivity index (χ1n) is 5.09. The highest BCUT2D eigenvalue weighted by atomic mass is 16.3. The molecule has 0 bridgehead atoms. The van der Waals surface area contributed by atoms with Crippen LogP contribution in [0, 0.1) is 0 Å². The highest BCUT2D eigenvalue weighted by Gasteiger charge is 2.17. The Labute approximate surface area is 79.4 Å². The van der Waals surface area contributed by atoms with Crippen LogP contribution in [0.2, 0.25) is 0 Å². The van der Waals surface area contributed by atoms with Gasteiger partial charge in [0.2, 0.25) is 0 Å². The van der Waals surface area contributed by atoms with E-state index in [0.29, 0.717) is 0 Å². The lowest BCUT2D eigenvalue weighted by atomic mass is 9.86. The first-order valence-corrected chi connectivity index (χ1v) is 5.09. The average molecular weight is 176 g/mol. The number of rotatable bonds is 1. The maximum atomic E-state index is 9.58. The van der Waals surface area contributed by atoms with Crippen molar-refractivity contribution in [3.8, 4) is 0 Å². The molecule has 13 heavy (non-hydrogen) atoms. The zero-order valence-corrected chi connectivity index (χ0v) is 8.09. The van der Waals surface area contributed by atoms with E-state index in [9.17, 15) is 5.11 Å². The second kappa shape index (κ2) is 3.51. The van der Waals surface area contributed by atoms with E-state index in [1.807, 2.05) is 0 Å². The largest absolute Gasteiger partial charge is 0.393 e. The predicted molar refractivity (Wildman–Crippen MR) is 53.9 cm³/mol. The third-order valence-electron chi connectivity index (χ3n) is 2.94. The van der Waals surface area contributed by atoms with Crippen LogP contribution < -0.4 is 0 Å². The molecule has 0 spiro atoms. The molecule has 0 radical (unpaired) electrons. The molecule has 70 valence electrons. The Balaban J connectivity index is 2.41. The van der Waals surface area contributed by atoms with Gasteiger partial charge in [-0.25, -0.2) is 0 Å². The van der Waals surface area contributed by atoms with Gasteiger partial charge in [0.1, 0.15) is 0 Å². The van der Waals surface area contributed by atoms with E-state index in [0.717, 1.165) is 25.7 Å². The minimum Gasteiger partial charge on any atom is -0.393 e. The molecule has 0 saturated heterocycles. The topological polar surface area (TPSA) is 20.2 Å². The van der Waals surface area contributed by atoms with Gasteiger partial charge in [-0.15, -0.1) is 0 Å². The second-order valence-electron chi connectivity index (χ2n) is 3.80. The lowest BCUT2D eigenvalue weighted by Gasteiger charge is -2.22. The zero-order chi connectivity index (χ0) is 9.26. The fraction of sp³-hybridized carbons (Fsp3) is 0.500. The molecule has 1 N–H and O–H groups in total. The third-order valence-corrected chi connectivity index (χ3v) is 2.94. The van der Waals surface area contributed by atoms with E-state index in [1.165, 1.54) is 16.7 Å². The average Bonchev–Trinajstić information content (AvgIpc) is 2.17. The van der Waals surface area contributed by atoms with Crippen molar-refractivity contribution in [1.82, 2.24) is 0 Å². The number of hydrogen-bond acceptors (Lipinski definition) is 1. The Kier molecular flexibility index (Phi) is 2.36. The van der Waals surface area contributed by atoms with E-state index >= 15 is 0 Å². The lowest BCUT2D eigenvalue weighted by molar-refractivity contribution is 0.158. The fourth-order valence-electron chi connectivity index (χ4n) is 2.18. The summed E-state index contributed by atoms with van der Waals surface area (Å²) in [6.45, 7) is 2.18. The maximum Gasteiger partial charge on any atom is 0.0583 e. The molecule has 0 aromatic heterocycles. The van der Waals surface area contributed by atoms with Crippen molar-refractivity contribution in [2.45, 2.75) is 38.7 Å². The number of aliphatic hydroxyl groups is 1. The molecule has 0 saturated carbocycles. The van der Waals surface area contributed by atoms with Crippen LogP contribution in [-0.4, -0.2) is 11.2 Å². The minimum absolute atomic E-state index is 0.111. The monoisotopic (exact) mass is 176 g/mol. The molecule has 1 heteroatoms. The normalized spacial score (nSPS) is 21.2. The predicted octanol–water partition coefficient (Wildman–Crippen LogP) is 2.10. The second-order valence-corrected chi connectivity index (χ2v) is 3.80. The molecule has 0 amide bonds. The van der Waals surface area contributed by atoms with E-state index in [-0.39, 0.29) is 6.10 Å². The summed E-state index contributed by atoms with van der Waals surface area (Å²) in [6.07, 6.45) is 3.81. The summed E-state index contributed by atoms with van der Waals surface area (Å²) >= 11 is 0. The van der Waals surface area contributed by atoms with Crippen molar-refractivity contribution in [2.75, 3.05) is 0 Å². The zero-order valence-electron chi connectivity index (χ0n) is 8.09. The van der Waals surface area contributed by atoms with Gasteiger partial charge in [0.05, 0.1) is 6.10 Å². The van der Waals surface area contributed by atoms with Crippen LogP contribution in [0.1, 0.15) is 30.0 Å². The SMILES string of the molecule is CCc1cccc2c1CC(O)CC2. The Bertz CT molecular complexity index is 290. The van der Waals surface area contributed by atoms with E-state index < -0.39 is 0 Å². The Morgan fingerprint density at radius 3 is 3.08 bits per heavy atom. The van der Waals surface area contributed by atoms with Crippen molar-refractivity contribution < 1.29 is 5.11 Å². The summed E-state index contributed by atoms with van der Waals surface area (Å²) in [7, 11) is 0. The van der Waals surface area contributed by atoms with Crippen LogP contribution in [0.15, 0.2) is 18.2 Å². The molecule has 1 unspecified atom stereocenters. The summed E-state index contributed by atoms with van der Waals surface area (Å²) in [4.78, 5) is 0. The maximum absolute atomic E-state index is 9.58. The number of hydrogen-bond donors (Lipinski definition) is 1. The van der Waals surface area contributed by atoms with Crippen molar-refractivity contribution in [3.63, 3.8) is 0 Å². The fourth-order valence-corrected chi connectivity index (χ4v) is 2.18. The number of benzene rings is 1. The van der Waals surface area contributed by atoms with Gasteiger partial charge in [-0.3, -0.25) is 0 Å². The standard InChI is InChI=1S/C12H16O/c1-2-9-4-3-5-10-6-7-11(13)8-12(9)10/h3-5,11,13H,2,6-8H2,1H3. The van der Waals surface area contributed by atoms with Crippen molar-refractivity contribution in [1.29, 1.82) is 0 Å². The lowest BCUT2D eigenvalue weighted by Crippen LogP contribution is -2.19. The van der Waals surface area contributed by atoms with Gasteiger partial charge in [-0.05, 0) is 42.4 Å². The van der Waals surface area contributed by atoms with Gasteiger partial charge in [-0.2, -0.15) is 0 Å². The first-order chi connectivity index (χ1) is 6.31.